The van der Waals surface area contributed by atoms with Gasteiger partial charge in [-0.25, -0.2) is 4.39 Å². The van der Waals surface area contributed by atoms with Crippen molar-refractivity contribution in [2.24, 2.45) is 0 Å². The van der Waals surface area contributed by atoms with E-state index in [1.165, 1.54) is 31.4 Å². The highest BCUT2D eigenvalue weighted by Gasteiger charge is 2.07. The summed E-state index contributed by atoms with van der Waals surface area (Å²) < 4.78 is 18.8. The molecule has 0 heterocycles. The molecule has 0 aliphatic carbocycles. The average molecular weight is 329 g/mol. The third-order valence-electron chi connectivity index (χ3n) is 2.89. The molecule has 1 atom stereocenters. The number of unbranched alkanes of at least 4 members (excludes halogenated alkanes) is 3. The molecule has 3 heteroatoms. The highest BCUT2D eigenvalue weighted by atomic mass is 79.9. The maximum Gasteiger partial charge on any atom is 0.123 e. The Morgan fingerprint density at radius 3 is 2.47 bits per heavy atom. The van der Waals surface area contributed by atoms with E-state index in [1.54, 1.807) is 12.1 Å². The Morgan fingerprint density at radius 2 is 1.84 bits per heavy atom. The van der Waals surface area contributed by atoms with E-state index >= 15 is 0 Å². The van der Waals surface area contributed by atoms with Crippen LogP contribution in [0.5, 0.6) is 0 Å². The molecule has 0 N–H and O–H groups in total. The van der Waals surface area contributed by atoms with E-state index in [1.807, 2.05) is 19.1 Å². The Bertz CT molecular complexity index is 362. The van der Waals surface area contributed by atoms with Crippen LogP contribution < -0.4 is 0 Å². The second kappa shape index (κ2) is 10.2. The summed E-state index contributed by atoms with van der Waals surface area (Å²) in [5.41, 5.74) is 1.000. The number of hydrogen-bond acceptors (Lipinski definition) is 1. The molecule has 1 aromatic rings. The second-order valence-electron chi connectivity index (χ2n) is 4.47. The van der Waals surface area contributed by atoms with Crippen molar-refractivity contribution in [2.75, 3.05) is 11.9 Å². The Morgan fingerprint density at radius 1 is 1.16 bits per heavy atom. The number of alkyl halides is 1. The Labute approximate surface area is 124 Å². The van der Waals surface area contributed by atoms with Crippen molar-refractivity contribution in [3.05, 3.63) is 47.8 Å². The summed E-state index contributed by atoms with van der Waals surface area (Å²) in [6.45, 7) is 2.71. The third-order valence-corrected chi connectivity index (χ3v) is 3.45. The first-order valence-electron chi connectivity index (χ1n) is 6.83. The molecule has 0 aromatic heterocycles. The van der Waals surface area contributed by atoms with Crippen LogP contribution in [0.4, 0.5) is 4.39 Å². The first-order chi connectivity index (χ1) is 9.27. The van der Waals surface area contributed by atoms with Crippen LogP contribution >= 0.6 is 15.9 Å². The number of benzene rings is 1. The van der Waals surface area contributed by atoms with Crippen LogP contribution in [0.1, 0.15) is 44.3 Å². The second-order valence-corrected chi connectivity index (χ2v) is 5.26. The smallest absolute Gasteiger partial charge is 0.123 e. The van der Waals surface area contributed by atoms with E-state index in [4.69, 9.17) is 4.74 Å². The molecule has 1 rings (SSSR count). The van der Waals surface area contributed by atoms with Gasteiger partial charge >= 0.3 is 0 Å². The summed E-state index contributed by atoms with van der Waals surface area (Å²) in [6, 6.07) is 6.52. The van der Waals surface area contributed by atoms with Crippen molar-refractivity contribution >= 4 is 15.9 Å². The molecule has 0 aliphatic heterocycles. The normalized spacial score (nSPS) is 13.0. The summed E-state index contributed by atoms with van der Waals surface area (Å²) in [4.78, 5) is 0. The molecule has 19 heavy (non-hydrogen) atoms. The summed E-state index contributed by atoms with van der Waals surface area (Å²) >= 11 is 3.43. The van der Waals surface area contributed by atoms with Crippen molar-refractivity contribution in [1.29, 1.82) is 0 Å². The fraction of sp³-hybridized carbons (Fsp3) is 0.500. The molecular formula is C16H22BrFO. The molecule has 0 bridgehead atoms. The third kappa shape index (κ3) is 6.88. The summed E-state index contributed by atoms with van der Waals surface area (Å²) in [6.07, 6.45) is 8.63. The van der Waals surface area contributed by atoms with Crippen molar-refractivity contribution < 1.29 is 9.13 Å². The summed E-state index contributed by atoms with van der Waals surface area (Å²) in [7, 11) is 0. The van der Waals surface area contributed by atoms with E-state index in [9.17, 15) is 4.39 Å². The van der Waals surface area contributed by atoms with Crippen LogP contribution in [0.2, 0.25) is 0 Å². The van der Waals surface area contributed by atoms with Crippen LogP contribution in [0, 0.1) is 5.82 Å². The Hall–Kier alpha value is -0.670. The molecule has 0 radical (unpaired) electrons. The lowest BCUT2D eigenvalue weighted by Gasteiger charge is -2.14. The summed E-state index contributed by atoms with van der Waals surface area (Å²) in [5.74, 6) is -0.210. The molecule has 1 aromatic carbocycles. The topological polar surface area (TPSA) is 9.23 Å². The predicted octanol–water partition coefficient (Wildman–Crippen LogP) is 5.41. The van der Waals surface area contributed by atoms with E-state index in [0.717, 1.165) is 23.9 Å². The lowest BCUT2D eigenvalue weighted by molar-refractivity contribution is 0.0818. The molecule has 0 saturated carbocycles. The fourth-order valence-electron chi connectivity index (χ4n) is 1.85. The molecular weight excluding hydrogens is 307 g/mol. The van der Waals surface area contributed by atoms with Gasteiger partial charge in [-0.3, -0.25) is 0 Å². The van der Waals surface area contributed by atoms with Gasteiger partial charge in [0, 0.05) is 11.9 Å². The number of allylic oxidation sites excluding steroid dienone is 1. The molecule has 0 spiro atoms. The standard InChI is InChI=1S/C16H22BrFO/c1-2-7-16(14-8-10-15(18)11-9-14)19-13-6-4-3-5-12-17/h2,7-11,16H,3-6,12-13H2,1H3. The van der Waals surface area contributed by atoms with Gasteiger partial charge in [-0.2, -0.15) is 0 Å². The Balaban J connectivity index is 2.38. The molecule has 0 aliphatic rings. The molecule has 0 saturated heterocycles. The van der Waals surface area contributed by atoms with Crippen LogP contribution in [-0.2, 0) is 4.74 Å². The van der Waals surface area contributed by atoms with Gasteiger partial charge in [0.25, 0.3) is 0 Å². The van der Waals surface area contributed by atoms with Crippen LogP contribution in [-0.4, -0.2) is 11.9 Å². The van der Waals surface area contributed by atoms with Gasteiger partial charge in [0.2, 0.25) is 0 Å². The zero-order chi connectivity index (χ0) is 13.9. The lowest BCUT2D eigenvalue weighted by Crippen LogP contribution is -2.03. The number of ether oxygens (including phenoxy) is 1. The number of hydrogen-bond donors (Lipinski definition) is 0. The van der Waals surface area contributed by atoms with Gasteiger partial charge in [0.1, 0.15) is 11.9 Å². The number of halogens is 2. The highest BCUT2D eigenvalue weighted by Crippen LogP contribution is 2.20. The molecule has 106 valence electrons. The van der Waals surface area contributed by atoms with E-state index < -0.39 is 0 Å². The highest BCUT2D eigenvalue weighted by molar-refractivity contribution is 9.09. The average Bonchev–Trinajstić information content (AvgIpc) is 2.42. The van der Waals surface area contributed by atoms with Crippen LogP contribution in [0.25, 0.3) is 0 Å². The lowest BCUT2D eigenvalue weighted by atomic mass is 10.1. The van der Waals surface area contributed by atoms with Gasteiger partial charge < -0.3 is 4.74 Å². The number of rotatable bonds is 9. The monoisotopic (exact) mass is 328 g/mol. The van der Waals surface area contributed by atoms with Gasteiger partial charge in [-0.1, -0.05) is 53.1 Å². The van der Waals surface area contributed by atoms with Gasteiger partial charge in [-0.15, -0.1) is 0 Å². The molecule has 0 amide bonds. The quantitative estimate of drug-likeness (QED) is 0.334. The van der Waals surface area contributed by atoms with Gasteiger partial charge in [0.05, 0.1) is 0 Å². The predicted molar refractivity (Wildman–Crippen MR) is 82.2 cm³/mol. The van der Waals surface area contributed by atoms with Crippen molar-refractivity contribution in [1.82, 2.24) is 0 Å². The van der Waals surface area contributed by atoms with Crippen molar-refractivity contribution in [3.63, 3.8) is 0 Å². The Kier molecular flexibility index (Phi) is 8.76. The van der Waals surface area contributed by atoms with E-state index in [2.05, 4.69) is 15.9 Å². The van der Waals surface area contributed by atoms with E-state index in [0.29, 0.717) is 0 Å². The van der Waals surface area contributed by atoms with Crippen molar-refractivity contribution in [2.45, 2.75) is 38.7 Å². The van der Waals surface area contributed by atoms with E-state index in [-0.39, 0.29) is 11.9 Å². The SMILES string of the molecule is CC=CC(OCCCCCCBr)c1ccc(F)cc1. The first-order valence-corrected chi connectivity index (χ1v) is 7.96. The molecule has 0 fully saturated rings. The minimum absolute atomic E-state index is 0.0678. The van der Waals surface area contributed by atoms with Crippen molar-refractivity contribution in [3.8, 4) is 0 Å². The maximum absolute atomic E-state index is 12.9. The minimum atomic E-state index is -0.210. The zero-order valence-electron chi connectivity index (χ0n) is 11.4. The van der Waals surface area contributed by atoms with Crippen LogP contribution in [0.15, 0.2) is 36.4 Å². The molecule has 1 unspecified atom stereocenters. The fourth-order valence-corrected chi connectivity index (χ4v) is 2.25. The molecule has 1 nitrogen and oxygen atoms in total. The minimum Gasteiger partial charge on any atom is -0.369 e. The zero-order valence-corrected chi connectivity index (χ0v) is 13.0. The van der Waals surface area contributed by atoms with Gasteiger partial charge in [-0.05, 0) is 37.5 Å². The maximum atomic E-state index is 12.9. The first kappa shape index (κ1) is 16.4. The van der Waals surface area contributed by atoms with Gasteiger partial charge in [0.15, 0.2) is 0 Å². The van der Waals surface area contributed by atoms with Crippen LogP contribution in [0.3, 0.4) is 0 Å². The largest absolute Gasteiger partial charge is 0.369 e. The summed E-state index contributed by atoms with van der Waals surface area (Å²) in [5, 5.41) is 1.07.